The molecule has 0 amide bonds. The van der Waals surface area contributed by atoms with Gasteiger partial charge in [-0.05, 0) is 30.3 Å². The van der Waals surface area contributed by atoms with Crippen LogP contribution in [0, 0.1) is 0 Å². The molecule has 0 aliphatic carbocycles. The monoisotopic (exact) mass is 317 g/mol. The highest BCUT2D eigenvalue weighted by Crippen LogP contribution is 2.35. The normalized spacial score (nSPS) is 10.6. The van der Waals surface area contributed by atoms with E-state index in [1.807, 2.05) is 35.7 Å². The summed E-state index contributed by atoms with van der Waals surface area (Å²) in [6, 6.07) is 12.7. The second-order valence-electron chi connectivity index (χ2n) is 4.40. The summed E-state index contributed by atoms with van der Waals surface area (Å²) in [4.78, 5) is 4.57. The zero-order valence-electron chi connectivity index (χ0n) is 11.2. The number of benzene rings is 2. The maximum Gasteiger partial charge on any atom is 0.137 e. The molecule has 0 spiro atoms. The Bertz CT molecular complexity index is 785. The molecule has 106 valence electrons. The summed E-state index contributed by atoms with van der Waals surface area (Å²) in [5.41, 5.74) is 2.47. The standard InChI is InChI=1S/C16H12ClNO2S/c1-20-15-7-6-10(8-12(15)17)13-9-21-16(18-13)11-4-2-3-5-14(11)19/h2-9,19H,1H3. The first-order chi connectivity index (χ1) is 10.2. The fraction of sp³-hybridized carbons (Fsp3) is 0.0625. The molecule has 0 aliphatic rings. The van der Waals surface area contributed by atoms with E-state index < -0.39 is 0 Å². The Hall–Kier alpha value is -2.04. The molecule has 0 saturated heterocycles. The van der Waals surface area contributed by atoms with Crippen molar-refractivity contribution in [2.24, 2.45) is 0 Å². The first kappa shape index (κ1) is 13.9. The lowest BCUT2D eigenvalue weighted by Crippen LogP contribution is -1.85. The summed E-state index contributed by atoms with van der Waals surface area (Å²) in [5, 5.41) is 13.2. The third kappa shape index (κ3) is 2.73. The predicted octanol–water partition coefficient (Wildman–Crippen LogP) is 4.84. The van der Waals surface area contributed by atoms with Crippen LogP contribution in [0.5, 0.6) is 11.5 Å². The van der Waals surface area contributed by atoms with E-state index >= 15 is 0 Å². The van der Waals surface area contributed by atoms with Crippen LogP contribution in [0.25, 0.3) is 21.8 Å². The fourth-order valence-corrected chi connectivity index (χ4v) is 3.13. The van der Waals surface area contributed by atoms with Crippen LogP contribution in [0.2, 0.25) is 5.02 Å². The third-order valence-corrected chi connectivity index (χ3v) is 4.26. The van der Waals surface area contributed by atoms with Gasteiger partial charge >= 0.3 is 0 Å². The van der Waals surface area contributed by atoms with E-state index in [1.54, 1.807) is 19.2 Å². The van der Waals surface area contributed by atoms with Gasteiger partial charge in [-0.2, -0.15) is 0 Å². The smallest absolute Gasteiger partial charge is 0.137 e. The zero-order valence-corrected chi connectivity index (χ0v) is 12.8. The molecule has 0 saturated carbocycles. The molecule has 0 unspecified atom stereocenters. The van der Waals surface area contributed by atoms with Gasteiger partial charge in [0.1, 0.15) is 16.5 Å². The molecule has 3 aromatic rings. The molecule has 5 heteroatoms. The molecule has 21 heavy (non-hydrogen) atoms. The number of ether oxygens (including phenoxy) is 1. The second-order valence-corrected chi connectivity index (χ2v) is 5.67. The van der Waals surface area contributed by atoms with Gasteiger partial charge in [0.05, 0.1) is 23.4 Å². The number of aromatic nitrogens is 1. The molecular weight excluding hydrogens is 306 g/mol. The minimum Gasteiger partial charge on any atom is -0.507 e. The van der Waals surface area contributed by atoms with E-state index in [9.17, 15) is 5.11 Å². The fourth-order valence-electron chi connectivity index (χ4n) is 2.01. The van der Waals surface area contributed by atoms with Gasteiger partial charge in [-0.3, -0.25) is 0 Å². The quantitative estimate of drug-likeness (QED) is 0.751. The van der Waals surface area contributed by atoms with Gasteiger partial charge < -0.3 is 9.84 Å². The van der Waals surface area contributed by atoms with Gasteiger partial charge in [0.2, 0.25) is 0 Å². The first-order valence-electron chi connectivity index (χ1n) is 6.27. The lowest BCUT2D eigenvalue weighted by Gasteiger charge is -2.04. The number of nitrogens with zero attached hydrogens (tertiary/aromatic N) is 1. The summed E-state index contributed by atoms with van der Waals surface area (Å²) < 4.78 is 5.14. The lowest BCUT2D eigenvalue weighted by atomic mass is 10.1. The Morgan fingerprint density at radius 2 is 2.00 bits per heavy atom. The number of rotatable bonds is 3. The number of hydrogen-bond donors (Lipinski definition) is 1. The molecule has 3 nitrogen and oxygen atoms in total. The Balaban J connectivity index is 1.99. The molecule has 0 aliphatic heterocycles. The van der Waals surface area contributed by atoms with E-state index in [0.717, 1.165) is 21.8 Å². The third-order valence-electron chi connectivity index (χ3n) is 3.09. The van der Waals surface area contributed by atoms with Crippen molar-refractivity contribution in [1.82, 2.24) is 4.98 Å². The highest BCUT2D eigenvalue weighted by molar-refractivity contribution is 7.13. The van der Waals surface area contributed by atoms with Crippen molar-refractivity contribution in [2.75, 3.05) is 7.11 Å². The van der Waals surface area contributed by atoms with Crippen LogP contribution in [0.3, 0.4) is 0 Å². The minimum absolute atomic E-state index is 0.228. The van der Waals surface area contributed by atoms with Gasteiger partial charge in [0.15, 0.2) is 0 Å². The van der Waals surface area contributed by atoms with Crippen molar-refractivity contribution in [3.05, 3.63) is 52.9 Å². The Morgan fingerprint density at radius 3 is 2.71 bits per heavy atom. The van der Waals surface area contributed by atoms with Crippen LogP contribution in [0.15, 0.2) is 47.8 Å². The average molecular weight is 318 g/mol. The van der Waals surface area contributed by atoms with Crippen LogP contribution in [0.4, 0.5) is 0 Å². The summed E-state index contributed by atoms with van der Waals surface area (Å²) in [7, 11) is 1.58. The highest BCUT2D eigenvalue weighted by atomic mass is 35.5. The van der Waals surface area contributed by atoms with Crippen molar-refractivity contribution in [2.45, 2.75) is 0 Å². The largest absolute Gasteiger partial charge is 0.507 e. The molecule has 0 bridgehead atoms. The summed E-state index contributed by atoms with van der Waals surface area (Å²) in [5.74, 6) is 0.864. The zero-order chi connectivity index (χ0) is 14.8. The van der Waals surface area contributed by atoms with Gasteiger partial charge in [-0.15, -0.1) is 11.3 Å². The van der Waals surface area contributed by atoms with Crippen molar-refractivity contribution >= 4 is 22.9 Å². The van der Waals surface area contributed by atoms with Crippen LogP contribution in [-0.2, 0) is 0 Å². The predicted molar refractivity (Wildman–Crippen MR) is 86.2 cm³/mol. The molecule has 3 rings (SSSR count). The van der Waals surface area contributed by atoms with Crippen LogP contribution >= 0.6 is 22.9 Å². The number of phenols is 1. The number of methoxy groups -OCH3 is 1. The summed E-state index contributed by atoms with van der Waals surface area (Å²) in [6.07, 6.45) is 0. The number of aromatic hydroxyl groups is 1. The average Bonchev–Trinajstić information content (AvgIpc) is 2.97. The second kappa shape index (κ2) is 5.76. The van der Waals surface area contributed by atoms with E-state index in [4.69, 9.17) is 16.3 Å². The van der Waals surface area contributed by atoms with Crippen molar-refractivity contribution < 1.29 is 9.84 Å². The number of thiazole rings is 1. The molecule has 0 radical (unpaired) electrons. The first-order valence-corrected chi connectivity index (χ1v) is 7.52. The number of para-hydroxylation sites is 1. The van der Waals surface area contributed by atoms with Gasteiger partial charge in [-0.25, -0.2) is 4.98 Å². The lowest BCUT2D eigenvalue weighted by molar-refractivity contribution is 0.415. The van der Waals surface area contributed by atoms with Gasteiger partial charge in [0, 0.05) is 10.9 Å². The summed E-state index contributed by atoms with van der Waals surface area (Å²) in [6.45, 7) is 0. The number of hydrogen-bond acceptors (Lipinski definition) is 4. The minimum atomic E-state index is 0.228. The Kier molecular flexibility index (Phi) is 3.82. The van der Waals surface area contributed by atoms with Gasteiger partial charge in [-0.1, -0.05) is 23.7 Å². The molecule has 0 fully saturated rings. The van der Waals surface area contributed by atoms with E-state index in [0.29, 0.717) is 10.8 Å². The number of halogens is 1. The van der Waals surface area contributed by atoms with E-state index in [-0.39, 0.29) is 5.75 Å². The van der Waals surface area contributed by atoms with E-state index in [2.05, 4.69) is 4.98 Å². The van der Waals surface area contributed by atoms with Crippen LogP contribution < -0.4 is 4.74 Å². The molecule has 2 aromatic carbocycles. The van der Waals surface area contributed by atoms with Gasteiger partial charge in [0.25, 0.3) is 0 Å². The molecule has 1 N–H and O–H groups in total. The van der Waals surface area contributed by atoms with E-state index in [1.165, 1.54) is 11.3 Å². The highest BCUT2D eigenvalue weighted by Gasteiger charge is 2.11. The van der Waals surface area contributed by atoms with Crippen molar-refractivity contribution in [1.29, 1.82) is 0 Å². The number of phenolic OH excluding ortho intramolecular Hbond substituents is 1. The SMILES string of the molecule is COc1ccc(-c2csc(-c3ccccc3O)n2)cc1Cl. The molecule has 1 aromatic heterocycles. The molecule has 1 heterocycles. The topological polar surface area (TPSA) is 42.4 Å². The maximum atomic E-state index is 9.89. The maximum absolute atomic E-state index is 9.89. The van der Waals surface area contributed by atoms with Crippen molar-refractivity contribution in [3.63, 3.8) is 0 Å². The Labute approximate surface area is 131 Å². The Morgan fingerprint density at radius 1 is 1.19 bits per heavy atom. The molecule has 0 atom stereocenters. The molecular formula is C16H12ClNO2S. The summed E-state index contributed by atoms with van der Waals surface area (Å²) >= 11 is 7.62. The van der Waals surface area contributed by atoms with Crippen molar-refractivity contribution in [3.8, 4) is 33.3 Å². The van der Waals surface area contributed by atoms with Crippen LogP contribution in [-0.4, -0.2) is 17.2 Å². The van der Waals surface area contributed by atoms with Crippen LogP contribution in [0.1, 0.15) is 0 Å².